The topological polar surface area (TPSA) is 163 Å². The molecule has 1 heterocycles. The SMILES string of the molecule is NC(=O)C[C@H](NC(=O)C(=O)c1c[nH]c2ccccc12)C(=O)N[C@@H](Cc1ccc(F)cc1)C(=O)NCc1cccc2ccccc12. The van der Waals surface area contributed by atoms with Gasteiger partial charge >= 0.3 is 0 Å². The fraction of sp³-hybridized carbons (Fsp3) is 0.147. The minimum Gasteiger partial charge on any atom is -0.370 e. The summed E-state index contributed by atoms with van der Waals surface area (Å²) >= 11 is 0. The molecule has 2 atom stereocenters. The molecule has 228 valence electrons. The van der Waals surface area contributed by atoms with Crippen LogP contribution in [0.4, 0.5) is 4.39 Å². The van der Waals surface area contributed by atoms with Crippen molar-refractivity contribution < 1.29 is 28.4 Å². The lowest BCUT2D eigenvalue weighted by Gasteiger charge is -2.23. The van der Waals surface area contributed by atoms with Crippen LogP contribution in [0, 0.1) is 5.82 Å². The number of primary amides is 1. The highest BCUT2D eigenvalue weighted by Crippen LogP contribution is 2.19. The van der Waals surface area contributed by atoms with E-state index in [0.29, 0.717) is 16.5 Å². The molecule has 0 unspecified atom stereocenters. The van der Waals surface area contributed by atoms with Crippen LogP contribution in [0.3, 0.4) is 0 Å². The summed E-state index contributed by atoms with van der Waals surface area (Å²) in [5.41, 5.74) is 7.48. The molecule has 0 saturated heterocycles. The van der Waals surface area contributed by atoms with Gasteiger partial charge in [-0.15, -0.1) is 0 Å². The van der Waals surface area contributed by atoms with Gasteiger partial charge in [0.25, 0.3) is 11.7 Å². The first-order chi connectivity index (χ1) is 21.7. The molecule has 11 heteroatoms. The van der Waals surface area contributed by atoms with Crippen LogP contribution in [-0.4, -0.2) is 46.5 Å². The second-order valence-electron chi connectivity index (χ2n) is 10.5. The summed E-state index contributed by atoms with van der Waals surface area (Å²) in [5, 5.41) is 10.2. The molecule has 4 aromatic carbocycles. The number of H-pyrrole nitrogens is 1. The zero-order valence-electron chi connectivity index (χ0n) is 24.0. The Morgan fingerprint density at radius 3 is 2.20 bits per heavy atom. The summed E-state index contributed by atoms with van der Waals surface area (Å²) in [6.45, 7) is 0.149. The molecule has 5 rings (SSSR count). The minimum absolute atomic E-state index is 0.0289. The van der Waals surface area contributed by atoms with Gasteiger partial charge in [-0.3, -0.25) is 24.0 Å². The highest BCUT2D eigenvalue weighted by atomic mass is 19.1. The van der Waals surface area contributed by atoms with E-state index in [9.17, 15) is 28.4 Å². The third-order valence-corrected chi connectivity index (χ3v) is 7.39. The van der Waals surface area contributed by atoms with E-state index in [4.69, 9.17) is 5.73 Å². The van der Waals surface area contributed by atoms with E-state index in [1.165, 1.54) is 30.5 Å². The molecular formula is C34H30FN5O5. The van der Waals surface area contributed by atoms with Crippen LogP contribution in [0.1, 0.15) is 27.9 Å². The van der Waals surface area contributed by atoms with Crippen molar-refractivity contribution in [3.8, 4) is 0 Å². The first-order valence-electron chi connectivity index (χ1n) is 14.2. The Morgan fingerprint density at radius 1 is 0.756 bits per heavy atom. The van der Waals surface area contributed by atoms with E-state index in [1.807, 2.05) is 42.5 Å². The normalized spacial score (nSPS) is 12.3. The molecular weight excluding hydrogens is 577 g/mol. The predicted molar refractivity (Wildman–Crippen MR) is 166 cm³/mol. The van der Waals surface area contributed by atoms with Crippen molar-refractivity contribution in [1.29, 1.82) is 0 Å². The van der Waals surface area contributed by atoms with E-state index < -0.39 is 53.7 Å². The average Bonchev–Trinajstić information content (AvgIpc) is 3.47. The number of aromatic nitrogens is 1. The second kappa shape index (κ2) is 13.6. The van der Waals surface area contributed by atoms with Crippen molar-refractivity contribution in [2.45, 2.75) is 31.5 Å². The van der Waals surface area contributed by atoms with Gasteiger partial charge in [0.05, 0.1) is 12.0 Å². The van der Waals surface area contributed by atoms with Gasteiger partial charge in [0.1, 0.15) is 17.9 Å². The second-order valence-corrected chi connectivity index (χ2v) is 10.5. The lowest BCUT2D eigenvalue weighted by atomic mass is 10.0. The Bertz CT molecular complexity index is 1900. The fourth-order valence-electron chi connectivity index (χ4n) is 5.11. The smallest absolute Gasteiger partial charge is 0.293 e. The molecule has 0 fully saturated rings. The van der Waals surface area contributed by atoms with E-state index in [0.717, 1.165) is 16.3 Å². The van der Waals surface area contributed by atoms with Gasteiger partial charge in [-0.1, -0.05) is 72.8 Å². The highest BCUT2D eigenvalue weighted by molar-refractivity contribution is 6.45. The summed E-state index contributed by atoms with van der Waals surface area (Å²) in [7, 11) is 0. The number of carbonyl (C=O) groups is 5. The van der Waals surface area contributed by atoms with Gasteiger partial charge in [-0.25, -0.2) is 4.39 Å². The largest absolute Gasteiger partial charge is 0.370 e. The van der Waals surface area contributed by atoms with Crippen LogP contribution >= 0.6 is 0 Å². The molecule has 0 aliphatic heterocycles. The van der Waals surface area contributed by atoms with Crippen molar-refractivity contribution in [2.24, 2.45) is 5.73 Å². The van der Waals surface area contributed by atoms with E-state index in [1.54, 1.807) is 24.3 Å². The monoisotopic (exact) mass is 607 g/mol. The maximum atomic E-state index is 13.6. The lowest BCUT2D eigenvalue weighted by Crippen LogP contribution is -2.56. The molecule has 5 aromatic rings. The number of nitrogens with one attached hydrogen (secondary N) is 4. The van der Waals surface area contributed by atoms with Crippen molar-refractivity contribution >= 4 is 51.1 Å². The number of hydrogen-bond acceptors (Lipinski definition) is 5. The molecule has 0 aliphatic rings. The van der Waals surface area contributed by atoms with E-state index >= 15 is 0 Å². The Kier molecular flexibility index (Phi) is 9.28. The number of aromatic amines is 1. The molecule has 0 radical (unpaired) electrons. The molecule has 4 amide bonds. The number of para-hydroxylation sites is 1. The van der Waals surface area contributed by atoms with Gasteiger partial charge in [0.15, 0.2) is 0 Å². The zero-order valence-corrected chi connectivity index (χ0v) is 24.0. The Morgan fingerprint density at radius 2 is 1.44 bits per heavy atom. The lowest BCUT2D eigenvalue weighted by molar-refractivity contribution is -0.132. The van der Waals surface area contributed by atoms with Crippen LogP contribution in [0.25, 0.3) is 21.7 Å². The molecule has 10 nitrogen and oxygen atoms in total. The summed E-state index contributed by atoms with van der Waals surface area (Å²) in [4.78, 5) is 67.7. The van der Waals surface area contributed by atoms with E-state index in [-0.39, 0.29) is 18.5 Å². The Labute approximate surface area is 257 Å². The number of nitrogens with two attached hydrogens (primary N) is 1. The number of benzene rings is 4. The van der Waals surface area contributed by atoms with Crippen LogP contribution in [0.2, 0.25) is 0 Å². The standard InChI is InChI=1S/C34H30FN5O5/c35-23-14-12-20(13-15-23)16-28(32(43)38-18-22-8-5-7-21-6-1-2-9-24(21)22)39-33(44)29(17-30(36)41)40-34(45)31(42)26-19-37-27-11-4-3-10-25(26)27/h1-15,19,28-29,37H,16-18H2,(H2,36,41)(H,38,43)(H,39,44)(H,40,45)/t28-,29-/m0/s1. The molecule has 1 aromatic heterocycles. The van der Waals surface area contributed by atoms with Gasteiger partial charge in [0.2, 0.25) is 17.7 Å². The number of amides is 4. The number of ketones is 1. The molecule has 45 heavy (non-hydrogen) atoms. The maximum absolute atomic E-state index is 13.6. The molecule has 0 bridgehead atoms. The average molecular weight is 608 g/mol. The molecule has 0 spiro atoms. The van der Waals surface area contributed by atoms with Crippen LogP contribution in [0.15, 0.2) is 97.2 Å². The van der Waals surface area contributed by atoms with Crippen LogP contribution < -0.4 is 21.7 Å². The molecule has 0 aliphatic carbocycles. The van der Waals surface area contributed by atoms with Gasteiger partial charge in [-0.05, 0) is 40.1 Å². The van der Waals surface area contributed by atoms with Crippen LogP contribution in [-0.2, 0) is 32.1 Å². The predicted octanol–water partition coefficient (Wildman–Crippen LogP) is 3.05. The van der Waals surface area contributed by atoms with Crippen molar-refractivity contribution in [3.63, 3.8) is 0 Å². The first-order valence-corrected chi connectivity index (χ1v) is 14.2. The highest BCUT2D eigenvalue weighted by Gasteiger charge is 2.31. The third-order valence-electron chi connectivity index (χ3n) is 7.39. The van der Waals surface area contributed by atoms with Crippen molar-refractivity contribution in [2.75, 3.05) is 0 Å². The molecule has 0 saturated carbocycles. The van der Waals surface area contributed by atoms with Gasteiger partial charge in [-0.2, -0.15) is 0 Å². The van der Waals surface area contributed by atoms with Crippen molar-refractivity contribution in [3.05, 3.63) is 120 Å². The number of halogens is 1. The summed E-state index contributed by atoms with van der Waals surface area (Å²) in [5.74, 6) is -4.89. The Balaban J connectivity index is 1.34. The molecule has 6 N–H and O–H groups in total. The number of Topliss-reactive ketones (excluding diaryl/α,β-unsaturated/α-hetero) is 1. The van der Waals surface area contributed by atoms with Crippen LogP contribution in [0.5, 0.6) is 0 Å². The quantitative estimate of drug-likeness (QED) is 0.109. The minimum atomic E-state index is -1.55. The first kappa shape index (κ1) is 30.6. The van der Waals surface area contributed by atoms with E-state index in [2.05, 4.69) is 20.9 Å². The zero-order chi connectivity index (χ0) is 31.9. The number of fused-ring (bicyclic) bond motifs is 2. The number of hydrogen-bond donors (Lipinski definition) is 5. The summed E-state index contributed by atoms with van der Waals surface area (Å²) < 4.78 is 13.6. The summed E-state index contributed by atoms with van der Waals surface area (Å²) in [6.07, 6.45) is 0.729. The maximum Gasteiger partial charge on any atom is 0.293 e. The Hall–Kier alpha value is -5.84. The third kappa shape index (κ3) is 7.39. The fourth-order valence-corrected chi connectivity index (χ4v) is 5.11. The van der Waals surface area contributed by atoms with Gasteiger partial charge < -0.3 is 26.7 Å². The van der Waals surface area contributed by atoms with Gasteiger partial charge in [0, 0.05) is 30.1 Å². The number of rotatable bonds is 12. The number of carbonyl (C=O) groups excluding carboxylic acids is 5. The summed E-state index contributed by atoms with van der Waals surface area (Å²) in [6, 6.07) is 22.9. The van der Waals surface area contributed by atoms with Crippen molar-refractivity contribution in [1.82, 2.24) is 20.9 Å².